The molecule has 0 saturated carbocycles. The van der Waals surface area contributed by atoms with Crippen LogP contribution in [0.15, 0.2) is 17.5 Å². The van der Waals surface area contributed by atoms with Crippen molar-refractivity contribution in [3.63, 3.8) is 0 Å². The molecule has 1 rings (SSSR count). The van der Waals surface area contributed by atoms with E-state index in [0.717, 1.165) is 0 Å². The summed E-state index contributed by atoms with van der Waals surface area (Å²) >= 11 is 4.79. The third-order valence-electron chi connectivity index (χ3n) is 0.683. The lowest BCUT2D eigenvalue weighted by molar-refractivity contribution is 0.229. The summed E-state index contributed by atoms with van der Waals surface area (Å²) < 4.78 is 4.60. The average Bonchev–Trinajstić information content (AvgIpc) is 2.15. The highest BCUT2D eigenvalue weighted by molar-refractivity contribution is 7.96. The number of thiophene rings is 1. The van der Waals surface area contributed by atoms with Crippen LogP contribution in [0.1, 0.15) is 0 Å². The maximum absolute atomic E-state index is 10.2. The molecule has 0 atom stereocenters. The largest absolute Gasteiger partial charge is 0.407 e. The first-order chi connectivity index (χ1) is 4.29. The van der Waals surface area contributed by atoms with E-state index in [1.165, 1.54) is 11.3 Å². The van der Waals surface area contributed by atoms with Crippen LogP contribution in [0.3, 0.4) is 0 Å². The van der Waals surface area contributed by atoms with Gasteiger partial charge in [0.2, 0.25) is 0 Å². The van der Waals surface area contributed by atoms with E-state index in [-0.39, 0.29) is 0 Å². The van der Waals surface area contributed by atoms with Crippen LogP contribution in [0, 0.1) is 0 Å². The topological polar surface area (TPSA) is 26.3 Å². The Morgan fingerprint density at radius 3 is 3.00 bits per heavy atom. The van der Waals surface area contributed by atoms with Crippen LogP contribution >= 0.6 is 24.0 Å². The predicted molar refractivity (Wildman–Crippen MR) is 39.3 cm³/mol. The zero-order valence-corrected chi connectivity index (χ0v) is 6.11. The van der Waals surface area contributed by atoms with Crippen molar-refractivity contribution >= 4 is 29.3 Å². The van der Waals surface area contributed by atoms with Crippen molar-refractivity contribution in [1.82, 2.24) is 0 Å². The molecule has 0 radical (unpaired) electrons. The summed E-state index contributed by atoms with van der Waals surface area (Å²) in [6.45, 7) is 0. The number of ether oxygens (including phenoxy) is 1. The molecule has 4 heteroatoms. The van der Waals surface area contributed by atoms with Gasteiger partial charge in [0, 0.05) is 0 Å². The van der Waals surface area contributed by atoms with Gasteiger partial charge in [-0.2, -0.15) is 0 Å². The van der Waals surface area contributed by atoms with Gasteiger partial charge in [-0.05, 0) is 17.5 Å². The molecule has 0 N–H and O–H groups in total. The smallest absolute Gasteiger partial charge is 0.370 e. The van der Waals surface area contributed by atoms with Crippen molar-refractivity contribution in [2.24, 2.45) is 0 Å². The van der Waals surface area contributed by atoms with Crippen molar-refractivity contribution in [3.05, 3.63) is 17.5 Å². The van der Waals surface area contributed by atoms with Gasteiger partial charge in [0.15, 0.2) is 5.06 Å². The molecular weight excluding hydrogens is 156 g/mol. The van der Waals surface area contributed by atoms with Gasteiger partial charge >= 0.3 is 5.30 Å². The summed E-state index contributed by atoms with van der Waals surface area (Å²) in [5.41, 5.74) is 0. The molecule has 0 spiro atoms. The standard InChI is InChI=1S/C5H4O2S2/c6-5(8)7-4-2-1-3-9-4/h1-3H,(H,6,8). The van der Waals surface area contributed by atoms with E-state index in [1.54, 1.807) is 12.1 Å². The Bertz CT molecular complexity index is 193. The van der Waals surface area contributed by atoms with Gasteiger partial charge in [-0.1, -0.05) is 12.6 Å². The summed E-state index contributed by atoms with van der Waals surface area (Å²) in [7, 11) is 0. The summed E-state index contributed by atoms with van der Waals surface area (Å²) in [5, 5.41) is 1.83. The molecule has 1 aromatic heterocycles. The molecule has 0 aliphatic heterocycles. The Hall–Kier alpha value is -0.480. The maximum Gasteiger partial charge on any atom is 0.370 e. The van der Waals surface area contributed by atoms with Crippen molar-refractivity contribution < 1.29 is 9.53 Å². The number of hydrogen-bond acceptors (Lipinski definition) is 3. The van der Waals surface area contributed by atoms with E-state index in [1.807, 2.05) is 5.38 Å². The predicted octanol–water partition coefficient (Wildman–Crippen LogP) is 2.18. The lowest BCUT2D eigenvalue weighted by Crippen LogP contribution is -1.92. The summed E-state index contributed by atoms with van der Waals surface area (Å²) in [4.78, 5) is 10.2. The highest BCUT2D eigenvalue weighted by Gasteiger charge is 1.96. The SMILES string of the molecule is O=C(S)Oc1cccs1. The Morgan fingerprint density at radius 2 is 2.56 bits per heavy atom. The van der Waals surface area contributed by atoms with Crippen molar-refractivity contribution in [3.8, 4) is 5.06 Å². The van der Waals surface area contributed by atoms with Gasteiger partial charge in [0.25, 0.3) is 0 Å². The van der Waals surface area contributed by atoms with Crippen LogP contribution < -0.4 is 4.74 Å². The number of rotatable bonds is 1. The molecule has 9 heavy (non-hydrogen) atoms. The minimum Gasteiger partial charge on any atom is -0.407 e. The first-order valence-electron chi connectivity index (χ1n) is 2.23. The van der Waals surface area contributed by atoms with E-state index in [9.17, 15) is 4.79 Å². The molecule has 0 fully saturated rings. The van der Waals surface area contributed by atoms with Gasteiger partial charge in [0.1, 0.15) is 0 Å². The third-order valence-corrected chi connectivity index (χ3v) is 1.52. The van der Waals surface area contributed by atoms with Crippen molar-refractivity contribution in [2.75, 3.05) is 0 Å². The lowest BCUT2D eigenvalue weighted by Gasteiger charge is -1.90. The van der Waals surface area contributed by atoms with Crippen LogP contribution in [0.2, 0.25) is 0 Å². The Balaban J connectivity index is 2.58. The molecule has 0 bridgehead atoms. The van der Waals surface area contributed by atoms with Gasteiger partial charge in [0.05, 0.1) is 0 Å². The molecule has 1 aromatic rings. The third kappa shape index (κ3) is 2.07. The minimum absolute atomic E-state index is 0.572. The van der Waals surface area contributed by atoms with Crippen molar-refractivity contribution in [2.45, 2.75) is 0 Å². The molecule has 0 saturated heterocycles. The molecule has 48 valence electrons. The fourth-order valence-corrected chi connectivity index (χ4v) is 1.14. The van der Waals surface area contributed by atoms with Gasteiger partial charge in [-0.15, -0.1) is 11.3 Å². The second-order valence-corrected chi connectivity index (χ2v) is 2.58. The number of thiol groups is 1. The van der Waals surface area contributed by atoms with E-state index in [4.69, 9.17) is 0 Å². The number of hydrogen-bond donors (Lipinski definition) is 1. The van der Waals surface area contributed by atoms with Crippen LogP contribution in [0.4, 0.5) is 4.79 Å². The van der Waals surface area contributed by atoms with Crippen LogP contribution in [0.25, 0.3) is 0 Å². The van der Waals surface area contributed by atoms with Gasteiger partial charge in [-0.3, -0.25) is 0 Å². The van der Waals surface area contributed by atoms with Crippen molar-refractivity contribution in [1.29, 1.82) is 0 Å². The zero-order valence-electron chi connectivity index (χ0n) is 4.40. The molecular formula is C5H4O2S2. The second-order valence-electron chi connectivity index (χ2n) is 1.30. The van der Waals surface area contributed by atoms with E-state index >= 15 is 0 Å². The lowest BCUT2D eigenvalue weighted by atomic mass is 10.7. The molecule has 0 aliphatic rings. The fourth-order valence-electron chi connectivity index (χ4n) is 0.408. The summed E-state index contributed by atoms with van der Waals surface area (Å²) in [6.07, 6.45) is 0. The minimum atomic E-state index is -0.572. The Morgan fingerprint density at radius 1 is 1.78 bits per heavy atom. The van der Waals surface area contributed by atoms with Crippen LogP contribution in [-0.4, -0.2) is 5.30 Å². The molecule has 2 nitrogen and oxygen atoms in total. The van der Waals surface area contributed by atoms with E-state index in [2.05, 4.69) is 17.4 Å². The number of carbonyl (C=O) groups excluding carboxylic acids is 1. The Kier molecular flexibility index (Phi) is 2.13. The first-order valence-corrected chi connectivity index (χ1v) is 3.56. The summed E-state index contributed by atoms with van der Waals surface area (Å²) in [5.74, 6) is 0. The monoisotopic (exact) mass is 160 g/mol. The highest BCUT2D eigenvalue weighted by atomic mass is 32.1. The molecule has 0 amide bonds. The van der Waals surface area contributed by atoms with Crippen LogP contribution in [-0.2, 0) is 0 Å². The summed E-state index contributed by atoms with van der Waals surface area (Å²) in [6, 6.07) is 3.51. The fraction of sp³-hybridized carbons (Fsp3) is 0. The average molecular weight is 160 g/mol. The van der Waals surface area contributed by atoms with Gasteiger partial charge < -0.3 is 4.74 Å². The van der Waals surface area contributed by atoms with Crippen LogP contribution in [0.5, 0.6) is 5.06 Å². The molecule has 1 heterocycles. The van der Waals surface area contributed by atoms with E-state index in [0.29, 0.717) is 5.06 Å². The van der Waals surface area contributed by atoms with Gasteiger partial charge in [-0.25, -0.2) is 4.79 Å². The normalized spacial score (nSPS) is 9.00. The molecule has 0 aliphatic carbocycles. The second kappa shape index (κ2) is 2.89. The Labute approximate surface area is 61.9 Å². The molecule has 0 aromatic carbocycles. The maximum atomic E-state index is 10.2. The number of carbonyl (C=O) groups is 1. The first kappa shape index (κ1) is 6.64. The van der Waals surface area contributed by atoms with E-state index < -0.39 is 5.30 Å². The zero-order chi connectivity index (χ0) is 6.69. The molecule has 0 unspecified atom stereocenters. The quantitative estimate of drug-likeness (QED) is 0.503. The highest BCUT2D eigenvalue weighted by Crippen LogP contribution is 2.18.